The standard InChI is InChI=1S/C3H4N2OS2/c4-3-7-1-2(6-5)8-3/h2,4H,1H2. The van der Waals surface area contributed by atoms with Crippen LogP contribution in [0, 0.1) is 5.41 Å². The third-order valence-corrected chi connectivity index (χ3v) is 3.02. The fraction of sp³-hybridized carbons (Fsp3) is 0.667. The Morgan fingerprint density at radius 1 is 1.88 bits per heavy atom. The molecule has 0 amide bonds. The van der Waals surface area contributed by atoms with Gasteiger partial charge < -0.3 is 0 Å². The van der Waals surface area contributed by atoms with Gasteiger partial charge in [0.25, 0.3) is 0 Å². The van der Waals surface area contributed by atoms with Crippen molar-refractivity contribution in [2.24, 2.45) is 0 Å². The van der Waals surface area contributed by atoms with Gasteiger partial charge in [0.1, 0.15) is 9.81 Å². The summed E-state index contributed by atoms with van der Waals surface area (Å²) < 4.78 is 0.518. The number of nitrogens with one attached hydrogen (secondary N) is 1. The summed E-state index contributed by atoms with van der Waals surface area (Å²) in [5.74, 6) is 8.73. The molecule has 5 heteroatoms. The summed E-state index contributed by atoms with van der Waals surface area (Å²) in [6.07, 6.45) is 0. The zero-order chi connectivity index (χ0) is 5.98. The van der Waals surface area contributed by atoms with E-state index in [9.17, 15) is 0 Å². The molecule has 1 aliphatic rings. The Bertz CT molecular complexity index is 107. The predicted octanol–water partition coefficient (Wildman–Crippen LogP) is 0.728. The molecule has 1 saturated heterocycles. The van der Waals surface area contributed by atoms with Crippen molar-refractivity contribution in [3.05, 3.63) is 0 Å². The number of nitrogens with zero attached hydrogens (tertiary/aromatic N) is 1. The largest absolute Gasteiger partial charge is 0.288 e. The quantitative estimate of drug-likeness (QED) is 0.558. The van der Waals surface area contributed by atoms with Gasteiger partial charge in [-0.15, -0.1) is 0 Å². The minimum Gasteiger partial charge on any atom is -0.288 e. The molecule has 0 aromatic rings. The molecule has 0 aromatic carbocycles. The van der Waals surface area contributed by atoms with Crippen molar-refractivity contribution >= 4 is 27.9 Å². The summed E-state index contributed by atoms with van der Waals surface area (Å²) in [5, 5.41) is 7.02. The second-order valence-corrected chi connectivity index (χ2v) is 3.71. The van der Waals surface area contributed by atoms with Gasteiger partial charge in [0.2, 0.25) is 0 Å². The van der Waals surface area contributed by atoms with Crippen molar-refractivity contribution in [3.8, 4) is 0 Å². The third kappa shape index (κ3) is 1.38. The number of rotatable bonds is 1. The van der Waals surface area contributed by atoms with Crippen LogP contribution in [-0.2, 0) is 4.84 Å². The van der Waals surface area contributed by atoms with E-state index in [1.165, 1.54) is 23.5 Å². The molecule has 1 unspecified atom stereocenters. The van der Waals surface area contributed by atoms with E-state index in [1.807, 2.05) is 0 Å². The van der Waals surface area contributed by atoms with Crippen LogP contribution in [0.2, 0.25) is 0 Å². The average molecular weight is 148 g/mol. The van der Waals surface area contributed by atoms with Crippen LogP contribution in [-0.4, -0.2) is 15.6 Å². The first-order valence-corrected chi connectivity index (χ1v) is 3.87. The van der Waals surface area contributed by atoms with E-state index in [2.05, 4.69) is 4.84 Å². The second kappa shape index (κ2) is 2.72. The summed E-state index contributed by atoms with van der Waals surface area (Å²) in [6, 6.07) is 0. The van der Waals surface area contributed by atoms with Gasteiger partial charge in [-0.3, -0.25) is 5.41 Å². The summed E-state index contributed by atoms with van der Waals surface area (Å²) in [6.45, 7) is 0. The molecule has 8 heavy (non-hydrogen) atoms. The van der Waals surface area contributed by atoms with Gasteiger partial charge in [-0.1, -0.05) is 23.5 Å². The van der Waals surface area contributed by atoms with Crippen LogP contribution in [0.1, 0.15) is 0 Å². The lowest BCUT2D eigenvalue weighted by atomic mass is 10.9. The normalized spacial score (nSPS) is 29.1. The van der Waals surface area contributed by atoms with Crippen molar-refractivity contribution in [2.75, 3.05) is 5.75 Å². The molecule has 1 heterocycles. The SMILES string of the molecule is [N]OC1CSC(=N)S1. The van der Waals surface area contributed by atoms with E-state index < -0.39 is 0 Å². The summed E-state index contributed by atoms with van der Waals surface area (Å²) in [5.41, 5.74) is -0.215. The molecule has 44 valence electrons. The highest BCUT2D eigenvalue weighted by Crippen LogP contribution is 2.31. The van der Waals surface area contributed by atoms with E-state index >= 15 is 0 Å². The van der Waals surface area contributed by atoms with Crippen molar-refractivity contribution in [1.82, 2.24) is 5.90 Å². The van der Waals surface area contributed by atoms with Gasteiger partial charge in [0.15, 0.2) is 0 Å². The van der Waals surface area contributed by atoms with Gasteiger partial charge in [-0.2, -0.15) is 0 Å². The van der Waals surface area contributed by atoms with E-state index in [-0.39, 0.29) is 5.44 Å². The van der Waals surface area contributed by atoms with Crippen LogP contribution in [0.15, 0.2) is 0 Å². The number of hydrogen-bond donors (Lipinski definition) is 1. The Balaban J connectivity index is 2.32. The lowest BCUT2D eigenvalue weighted by Gasteiger charge is -1.95. The Hall–Kier alpha value is 0.290. The molecule has 0 aliphatic carbocycles. The lowest BCUT2D eigenvalue weighted by Crippen LogP contribution is -2.04. The first kappa shape index (κ1) is 6.41. The maximum Gasteiger partial charge on any atom is 0.144 e. The minimum atomic E-state index is -0.215. The maximum absolute atomic E-state index is 8.05. The molecule has 0 bridgehead atoms. The molecule has 1 atom stereocenters. The highest BCUT2D eigenvalue weighted by Gasteiger charge is 2.21. The van der Waals surface area contributed by atoms with Crippen molar-refractivity contribution < 1.29 is 4.84 Å². The van der Waals surface area contributed by atoms with Gasteiger partial charge in [-0.05, 0) is 0 Å². The van der Waals surface area contributed by atoms with Gasteiger partial charge in [-0.25, -0.2) is 4.84 Å². The molecule has 0 spiro atoms. The Labute approximate surface area is 55.8 Å². The predicted molar refractivity (Wildman–Crippen MR) is 34.8 cm³/mol. The van der Waals surface area contributed by atoms with Crippen molar-refractivity contribution in [1.29, 1.82) is 5.41 Å². The molecule has 0 saturated carbocycles. The van der Waals surface area contributed by atoms with Gasteiger partial charge in [0, 0.05) is 11.6 Å². The molecule has 0 aromatic heterocycles. The van der Waals surface area contributed by atoms with Crippen molar-refractivity contribution in [2.45, 2.75) is 5.44 Å². The molecular formula is C3H4N2OS2. The number of hydrogen-bond acceptors (Lipinski definition) is 4. The monoisotopic (exact) mass is 148 g/mol. The summed E-state index contributed by atoms with van der Waals surface area (Å²) >= 11 is 2.63. The fourth-order valence-electron chi connectivity index (χ4n) is 0.383. The van der Waals surface area contributed by atoms with Crippen LogP contribution in [0.4, 0.5) is 0 Å². The molecular weight excluding hydrogens is 144 g/mol. The van der Waals surface area contributed by atoms with E-state index in [4.69, 9.17) is 11.3 Å². The second-order valence-electron chi connectivity index (χ2n) is 1.25. The molecule has 3 nitrogen and oxygen atoms in total. The zero-order valence-electron chi connectivity index (χ0n) is 3.96. The van der Waals surface area contributed by atoms with E-state index in [1.54, 1.807) is 0 Å². The minimum absolute atomic E-state index is 0.215. The molecule has 1 N–H and O–H groups in total. The smallest absolute Gasteiger partial charge is 0.144 e. The first-order chi connectivity index (χ1) is 3.83. The summed E-state index contributed by atoms with van der Waals surface area (Å²) in [7, 11) is 0. The van der Waals surface area contributed by atoms with Crippen molar-refractivity contribution in [3.63, 3.8) is 0 Å². The third-order valence-electron chi connectivity index (χ3n) is 0.707. The van der Waals surface area contributed by atoms with Crippen LogP contribution in [0.3, 0.4) is 0 Å². The van der Waals surface area contributed by atoms with Gasteiger partial charge in [0.05, 0.1) is 0 Å². The molecule has 2 radical (unpaired) electrons. The highest BCUT2D eigenvalue weighted by atomic mass is 32.2. The molecule has 1 aliphatic heterocycles. The Morgan fingerprint density at radius 2 is 2.62 bits per heavy atom. The van der Waals surface area contributed by atoms with Gasteiger partial charge >= 0.3 is 0 Å². The Morgan fingerprint density at radius 3 is 2.88 bits per heavy atom. The summed E-state index contributed by atoms with van der Waals surface area (Å²) in [4.78, 5) is 3.98. The van der Waals surface area contributed by atoms with Crippen LogP contribution in [0.5, 0.6) is 0 Å². The maximum atomic E-state index is 8.05. The van der Waals surface area contributed by atoms with E-state index in [0.717, 1.165) is 0 Å². The fourth-order valence-corrected chi connectivity index (χ4v) is 2.29. The molecule has 1 rings (SSSR count). The zero-order valence-corrected chi connectivity index (χ0v) is 5.59. The highest BCUT2D eigenvalue weighted by molar-refractivity contribution is 8.41. The van der Waals surface area contributed by atoms with Crippen LogP contribution in [0.25, 0.3) is 0 Å². The molecule has 1 fully saturated rings. The first-order valence-electron chi connectivity index (χ1n) is 2.01. The van der Waals surface area contributed by atoms with E-state index in [0.29, 0.717) is 10.1 Å². The van der Waals surface area contributed by atoms with Crippen LogP contribution >= 0.6 is 23.5 Å². The topological polar surface area (TPSA) is 55.4 Å². The Kier molecular flexibility index (Phi) is 2.18. The number of thioether (sulfide) groups is 2. The van der Waals surface area contributed by atoms with Crippen LogP contribution < -0.4 is 5.90 Å². The average Bonchev–Trinajstić information content (AvgIpc) is 2.14. The lowest BCUT2D eigenvalue weighted by molar-refractivity contribution is 0.112.